The Morgan fingerprint density at radius 2 is 0.857 bits per heavy atom. The Morgan fingerprint density at radius 1 is 0.420 bits per heavy atom. The summed E-state index contributed by atoms with van der Waals surface area (Å²) in [5, 5.41) is 0.695. The zero-order chi connectivity index (χ0) is 85.0. The Hall–Kier alpha value is -10.4. The number of halogens is 17. The van der Waals surface area contributed by atoms with Crippen LogP contribution in [0.3, 0.4) is 0 Å². The third kappa shape index (κ3) is 29.5. The minimum Gasteiger partial charge on any atom is -0.494 e. The molecule has 0 N–H and O–H groups in total. The maximum absolute atomic E-state index is 14.0. The van der Waals surface area contributed by atoms with Crippen LogP contribution in [0.1, 0.15) is 95.7 Å². The molecule has 0 spiro atoms. The van der Waals surface area contributed by atoms with Crippen molar-refractivity contribution in [2.45, 2.75) is 102 Å². The summed E-state index contributed by atoms with van der Waals surface area (Å²) in [6, 6.07) is 50.4. The normalized spacial score (nSPS) is 13.2. The summed E-state index contributed by atoms with van der Waals surface area (Å²) in [5.74, 6) is 2.27. The highest BCUT2D eigenvalue weighted by molar-refractivity contribution is 7.09. The Labute approximate surface area is 690 Å². The Kier molecular flexibility index (Phi) is 33.2. The third-order valence-corrected chi connectivity index (χ3v) is 20.5. The molecule has 1 aliphatic heterocycles. The lowest BCUT2D eigenvalue weighted by Crippen LogP contribution is -2.36. The largest absolute Gasteiger partial charge is 0.494 e. The van der Waals surface area contributed by atoms with Crippen LogP contribution < -0.4 is 18.9 Å². The van der Waals surface area contributed by atoms with Gasteiger partial charge in [0.1, 0.15) is 47.9 Å². The van der Waals surface area contributed by atoms with Crippen LogP contribution in [0.5, 0.6) is 23.0 Å². The van der Waals surface area contributed by atoms with Gasteiger partial charge in [-0.1, -0.05) is 96.5 Å². The molecule has 13 nitrogen and oxygen atoms in total. The monoisotopic (exact) mass is 1720 g/mol. The summed E-state index contributed by atoms with van der Waals surface area (Å²) < 4.78 is 230. The van der Waals surface area contributed by atoms with Gasteiger partial charge in [0, 0.05) is 137 Å². The number of pyridine rings is 1. The lowest BCUT2D eigenvalue weighted by atomic mass is 9.93. The van der Waals surface area contributed by atoms with Crippen molar-refractivity contribution in [3.63, 3.8) is 0 Å². The van der Waals surface area contributed by atoms with Crippen molar-refractivity contribution in [1.29, 1.82) is 0 Å². The number of hydrogen-bond acceptors (Lipinski definition) is 14. The van der Waals surface area contributed by atoms with Gasteiger partial charge in [-0.25, -0.2) is 9.37 Å². The van der Waals surface area contributed by atoms with E-state index in [2.05, 4.69) is 58.6 Å². The van der Waals surface area contributed by atoms with Gasteiger partial charge in [0.15, 0.2) is 0 Å². The molecule has 0 radical (unpaired) electrons. The lowest BCUT2D eigenvalue weighted by molar-refractivity contribution is -0.139. The predicted molar refractivity (Wildman–Crippen MR) is 424 cm³/mol. The van der Waals surface area contributed by atoms with E-state index >= 15 is 0 Å². The summed E-state index contributed by atoms with van der Waals surface area (Å²) >= 11 is 9.34. The van der Waals surface area contributed by atoms with Gasteiger partial charge in [-0.05, 0) is 168 Å². The van der Waals surface area contributed by atoms with Crippen molar-refractivity contribution in [3.05, 3.63) is 342 Å². The molecular weight excluding hydrogens is 1640 g/mol. The number of imidazole rings is 1. The molecule has 13 rings (SSSR count). The summed E-state index contributed by atoms with van der Waals surface area (Å²) in [7, 11) is 2.01. The molecule has 8 aromatic carbocycles. The molecule has 4 aromatic heterocycles. The second kappa shape index (κ2) is 43.5. The molecule has 0 aliphatic carbocycles. The number of alkyl halides is 15. The number of aryl methyl sites for hydroxylation is 1. The van der Waals surface area contributed by atoms with Crippen molar-refractivity contribution in [2.24, 2.45) is 7.05 Å². The fraction of sp³-hybridized carbons (Fsp3) is 0.287. The Morgan fingerprint density at radius 3 is 1.31 bits per heavy atom. The second-order valence-electron chi connectivity index (χ2n) is 27.3. The minimum atomic E-state index is -4.46. The molecule has 12 aromatic rings. The van der Waals surface area contributed by atoms with Gasteiger partial charge in [0.2, 0.25) is 0 Å². The molecule has 0 saturated carbocycles. The standard InChI is InChI=1S/C24H22F6N2O.C23H24F3N3O.C20H18ClF3N2OS.C20H18F4N2OS/c25-23(26,27)20-8-10-21(11-9-20)33-14-4-13-32(16-18-5-3-12-31-15-18)17-19-6-1-2-7-22(19)24(28,29)30;1-28-13-11-27-22(28)21-15-17-5-2-3-6-18(17)16-29(21)12-4-14-30-20-9-7-19(8-10-20)23(24,25)26;2*21-19-4-2-1-3-15(19)12-26(13-18-11-25-14-28-18)9-10-27-17-7-5-16(6-8-17)20(22,23)24/h1-3,5-12,15H,4,13-14,16-17H2;2-3,5-11,13,21H,4,12,14-16H2,1H3;2*1-8,11,14H,9-10,12-13H2. The Balaban J connectivity index is 0.000000167. The van der Waals surface area contributed by atoms with E-state index in [9.17, 15) is 70.2 Å². The average Bonchev–Trinajstić information content (AvgIpc) is 1.77. The van der Waals surface area contributed by atoms with Crippen LogP contribution in [0.15, 0.2) is 254 Å². The minimum absolute atomic E-state index is 0.0743. The zero-order valence-electron chi connectivity index (χ0n) is 64.0. The van der Waals surface area contributed by atoms with Gasteiger partial charge in [-0.15, -0.1) is 22.7 Å². The first-order chi connectivity index (χ1) is 56.9. The third-order valence-electron chi connectivity index (χ3n) is 18.6. The van der Waals surface area contributed by atoms with E-state index < -0.39 is 58.7 Å². The number of rotatable bonds is 31. The lowest BCUT2D eigenvalue weighted by Gasteiger charge is -2.36. The number of hydrogen-bond donors (Lipinski definition) is 0. The molecule has 0 amide bonds. The van der Waals surface area contributed by atoms with Crippen LogP contribution in [-0.4, -0.2) is 96.7 Å². The van der Waals surface area contributed by atoms with Crippen molar-refractivity contribution in [2.75, 3.05) is 52.6 Å². The maximum Gasteiger partial charge on any atom is 0.416 e. The average molecular weight is 1720 g/mol. The number of aromatic nitrogens is 5. The number of benzene rings is 8. The molecule has 1 aliphatic rings. The van der Waals surface area contributed by atoms with Gasteiger partial charge >= 0.3 is 30.9 Å². The first-order valence-corrected chi connectivity index (χ1v) is 39.4. The smallest absolute Gasteiger partial charge is 0.416 e. The number of thiazole rings is 2. The van der Waals surface area contributed by atoms with E-state index in [0.29, 0.717) is 106 Å². The van der Waals surface area contributed by atoms with Gasteiger partial charge in [-0.3, -0.25) is 34.6 Å². The van der Waals surface area contributed by atoms with Gasteiger partial charge < -0.3 is 23.5 Å². The zero-order valence-corrected chi connectivity index (χ0v) is 66.3. The maximum atomic E-state index is 14.0. The van der Waals surface area contributed by atoms with Gasteiger partial charge in [0.05, 0.1) is 58.1 Å². The van der Waals surface area contributed by atoms with E-state index in [1.807, 2.05) is 65.8 Å². The molecule has 0 saturated heterocycles. The molecule has 0 bridgehead atoms. The fourth-order valence-corrected chi connectivity index (χ4v) is 14.1. The summed E-state index contributed by atoms with van der Waals surface area (Å²) in [4.78, 5) is 27.3. The van der Waals surface area contributed by atoms with E-state index in [-0.39, 0.29) is 37.2 Å². The number of ether oxygens (including phenoxy) is 4. The van der Waals surface area contributed by atoms with Crippen LogP contribution >= 0.6 is 34.3 Å². The number of fused-ring (bicyclic) bond motifs is 1. The quantitative estimate of drug-likeness (QED) is 0.0305. The van der Waals surface area contributed by atoms with Crippen LogP contribution in [0.2, 0.25) is 5.02 Å². The molecule has 5 heterocycles. The van der Waals surface area contributed by atoms with E-state index in [0.717, 1.165) is 107 Å². The highest BCUT2D eigenvalue weighted by atomic mass is 35.5. The fourth-order valence-electron chi connectivity index (χ4n) is 12.6. The second-order valence-corrected chi connectivity index (χ2v) is 29.7. The summed E-state index contributed by atoms with van der Waals surface area (Å²) in [6.45, 7) is 7.14. The van der Waals surface area contributed by atoms with E-state index in [4.69, 9.17) is 30.5 Å². The topological polar surface area (TPSA) is 106 Å². The van der Waals surface area contributed by atoms with E-state index in [1.165, 1.54) is 89.2 Å². The van der Waals surface area contributed by atoms with Crippen LogP contribution in [0.4, 0.5) is 70.2 Å². The molecule has 1 unspecified atom stereocenters. The Bertz CT molecular complexity index is 4820. The van der Waals surface area contributed by atoms with Gasteiger partial charge in [-0.2, -0.15) is 65.9 Å². The molecule has 1 atom stereocenters. The summed E-state index contributed by atoms with van der Waals surface area (Å²) in [5.41, 5.74) is 5.26. The molecule has 119 heavy (non-hydrogen) atoms. The SMILES string of the molecule is Cn1ccnc1C1Cc2ccccc2CN1CCCOc1ccc(C(F)(F)F)cc1.FC(F)(F)c1ccc(OCCCN(Cc2cccnc2)Cc2ccccc2C(F)(F)F)cc1.FC(F)(F)c1ccc(OCCN(Cc2cncs2)Cc2ccccc2Cl)cc1.Fc1ccccc1CN(CCOc1ccc(C(F)(F)F)cc1)Cc1cncs1. The number of nitrogens with zero attached hydrogens (tertiary/aromatic N) is 9. The van der Waals surface area contributed by atoms with Crippen molar-refractivity contribution in [1.82, 2.24) is 44.1 Å². The van der Waals surface area contributed by atoms with Crippen LogP contribution in [-0.2, 0) is 90.2 Å². The molecule has 0 fully saturated rings. The van der Waals surface area contributed by atoms with Crippen molar-refractivity contribution in [3.8, 4) is 23.0 Å². The van der Waals surface area contributed by atoms with Gasteiger partial charge in [0.25, 0.3) is 0 Å². The van der Waals surface area contributed by atoms with E-state index in [1.54, 1.807) is 71.3 Å². The summed E-state index contributed by atoms with van der Waals surface area (Å²) in [6.07, 6.45) is -9.15. The van der Waals surface area contributed by atoms with Crippen LogP contribution in [0.25, 0.3) is 0 Å². The molecule has 630 valence electrons. The molecule has 32 heteroatoms. The van der Waals surface area contributed by atoms with Crippen LogP contribution in [0, 0.1) is 5.82 Å². The highest BCUT2D eigenvalue weighted by Gasteiger charge is 2.36. The highest BCUT2D eigenvalue weighted by Crippen LogP contribution is 2.38. The predicted octanol–water partition coefficient (Wildman–Crippen LogP) is 22.9. The first-order valence-electron chi connectivity index (χ1n) is 37.3. The molecular formula is C87H82ClF16N9O4S2. The van der Waals surface area contributed by atoms with Crippen molar-refractivity contribution >= 4 is 34.3 Å². The van der Waals surface area contributed by atoms with Crippen molar-refractivity contribution < 1.29 is 89.2 Å². The first kappa shape index (κ1) is 90.9.